The number of aromatic nitrogens is 2. The van der Waals surface area contributed by atoms with Crippen molar-refractivity contribution in [1.82, 2.24) is 15.0 Å². The second-order valence-corrected chi connectivity index (χ2v) is 3.97. The number of nitrogens with zero attached hydrogens (tertiary/aromatic N) is 3. The maximum Gasteiger partial charge on any atom is 0.236 e. The molecule has 88 valence electrons. The van der Waals surface area contributed by atoms with E-state index >= 15 is 0 Å². The average Bonchev–Trinajstić information content (AvgIpc) is 2.75. The van der Waals surface area contributed by atoms with Crippen molar-refractivity contribution in [3.8, 4) is 0 Å². The van der Waals surface area contributed by atoms with Crippen molar-refractivity contribution in [2.75, 3.05) is 13.1 Å². The number of carbonyl (C=O) groups excluding carboxylic acids is 1. The SMILES string of the molecule is Cc1nc(C2CCCCN2C(=O)CN)no1. The zero-order chi connectivity index (χ0) is 11.5. The third kappa shape index (κ3) is 2.06. The summed E-state index contributed by atoms with van der Waals surface area (Å²) in [5.41, 5.74) is 5.39. The van der Waals surface area contributed by atoms with E-state index in [9.17, 15) is 4.79 Å². The highest BCUT2D eigenvalue weighted by Gasteiger charge is 2.30. The molecule has 6 heteroatoms. The predicted molar refractivity (Wildman–Crippen MR) is 56.4 cm³/mol. The minimum Gasteiger partial charge on any atom is -0.340 e. The lowest BCUT2D eigenvalue weighted by Gasteiger charge is -2.33. The van der Waals surface area contributed by atoms with Crippen molar-refractivity contribution in [3.63, 3.8) is 0 Å². The highest BCUT2D eigenvalue weighted by molar-refractivity contribution is 5.78. The van der Waals surface area contributed by atoms with Crippen molar-refractivity contribution < 1.29 is 9.32 Å². The van der Waals surface area contributed by atoms with Crippen molar-refractivity contribution in [3.05, 3.63) is 11.7 Å². The molecule has 16 heavy (non-hydrogen) atoms. The van der Waals surface area contributed by atoms with Crippen LogP contribution in [-0.2, 0) is 4.79 Å². The summed E-state index contributed by atoms with van der Waals surface area (Å²) in [6.07, 6.45) is 2.97. The van der Waals surface area contributed by atoms with Crippen molar-refractivity contribution in [2.24, 2.45) is 5.73 Å². The van der Waals surface area contributed by atoms with Crippen LogP contribution in [0.3, 0.4) is 0 Å². The molecule has 2 N–H and O–H groups in total. The number of hydrogen-bond donors (Lipinski definition) is 1. The molecule has 0 saturated carbocycles. The molecule has 0 bridgehead atoms. The molecule has 1 aromatic heterocycles. The molecule has 1 aliphatic heterocycles. The number of piperidine rings is 1. The lowest BCUT2D eigenvalue weighted by Crippen LogP contribution is -2.42. The first kappa shape index (κ1) is 11.1. The average molecular weight is 224 g/mol. The van der Waals surface area contributed by atoms with Gasteiger partial charge < -0.3 is 15.2 Å². The first-order valence-corrected chi connectivity index (χ1v) is 5.52. The quantitative estimate of drug-likeness (QED) is 0.785. The molecular weight excluding hydrogens is 208 g/mol. The Morgan fingerprint density at radius 2 is 2.44 bits per heavy atom. The summed E-state index contributed by atoms with van der Waals surface area (Å²) in [6, 6.07) is -0.0674. The van der Waals surface area contributed by atoms with Crippen LogP contribution >= 0.6 is 0 Å². The Morgan fingerprint density at radius 3 is 3.06 bits per heavy atom. The zero-order valence-corrected chi connectivity index (χ0v) is 9.35. The summed E-state index contributed by atoms with van der Waals surface area (Å²) < 4.78 is 4.95. The molecule has 0 spiro atoms. The first-order valence-electron chi connectivity index (χ1n) is 5.52. The van der Waals surface area contributed by atoms with Gasteiger partial charge in [-0.05, 0) is 19.3 Å². The number of carbonyl (C=O) groups is 1. The van der Waals surface area contributed by atoms with Crippen LogP contribution in [0.15, 0.2) is 4.52 Å². The van der Waals surface area contributed by atoms with Gasteiger partial charge in [0.25, 0.3) is 0 Å². The molecule has 0 aliphatic carbocycles. The van der Waals surface area contributed by atoms with Gasteiger partial charge in [-0.15, -0.1) is 0 Å². The van der Waals surface area contributed by atoms with Gasteiger partial charge in [0.2, 0.25) is 11.8 Å². The van der Waals surface area contributed by atoms with Crippen molar-refractivity contribution >= 4 is 5.91 Å². The van der Waals surface area contributed by atoms with Crippen LogP contribution in [-0.4, -0.2) is 34.0 Å². The van der Waals surface area contributed by atoms with E-state index in [2.05, 4.69) is 10.1 Å². The fraction of sp³-hybridized carbons (Fsp3) is 0.700. The number of rotatable bonds is 2. The number of likely N-dealkylation sites (tertiary alicyclic amines) is 1. The molecule has 2 heterocycles. The third-order valence-corrected chi connectivity index (χ3v) is 2.84. The van der Waals surface area contributed by atoms with E-state index in [0.717, 1.165) is 25.8 Å². The molecule has 1 saturated heterocycles. The van der Waals surface area contributed by atoms with Crippen LogP contribution in [0.5, 0.6) is 0 Å². The molecule has 0 radical (unpaired) electrons. The highest BCUT2D eigenvalue weighted by atomic mass is 16.5. The fourth-order valence-corrected chi connectivity index (χ4v) is 2.07. The third-order valence-electron chi connectivity index (χ3n) is 2.84. The van der Waals surface area contributed by atoms with Crippen LogP contribution in [0.2, 0.25) is 0 Å². The first-order chi connectivity index (χ1) is 7.72. The normalized spacial score (nSPS) is 21.1. The van der Waals surface area contributed by atoms with Gasteiger partial charge in [0.05, 0.1) is 12.6 Å². The number of amides is 1. The predicted octanol–water partition coefficient (Wildman–Crippen LogP) is 0.390. The molecule has 2 rings (SSSR count). The van der Waals surface area contributed by atoms with E-state index in [1.54, 1.807) is 11.8 Å². The topological polar surface area (TPSA) is 85.2 Å². The number of hydrogen-bond acceptors (Lipinski definition) is 5. The van der Waals surface area contributed by atoms with Crippen LogP contribution < -0.4 is 5.73 Å². The molecule has 1 fully saturated rings. The lowest BCUT2D eigenvalue weighted by atomic mass is 10.0. The maximum absolute atomic E-state index is 11.7. The van der Waals surface area contributed by atoms with E-state index in [0.29, 0.717) is 11.7 Å². The van der Waals surface area contributed by atoms with Gasteiger partial charge in [-0.1, -0.05) is 5.16 Å². The summed E-state index contributed by atoms with van der Waals surface area (Å²) in [5.74, 6) is 1.08. The van der Waals surface area contributed by atoms with Gasteiger partial charge in [0, 0.05) is 13.5 Å². The minimum absolute atomic E-state index is 0.0351. The molecule has 1 atom stereocenters. The van der Waals surface area contributed by atoms with Crippen LogP contribution in [0.4, 0.5) is 0 Å². The zero-order valence-electron chi connectivity index (χ0n) is 9.35. The van der Waals surface area contributed by atoms with E-state index in [4.69, 9.17) is 10.3 Å². The molecule has 1 aromatic rings. The fourth-order valence-electron chi connectivity index (χ4n) is 2.07. The Labute approximate surface area is 93.8 Å². The number of aryl methyl sites for hydroxylation is 1. The standard InChI is InChI=1S/C10H16N4O2/c1-7-12-10(13-16-7)8-4-2-3-5-14(8)9(15)6-11/h8H,2-6,11H2,1H3. The van der Waals surface area contributed by atoms with Crippen molar-refractivity contribution in [1.29, 1.82) is 0 Å². The van der Waals surface area contributed by atoms with Crippen LogP contribution in [0.1, 0.15) is 37.0 Å². The second kappa shape index (κ2) is 4.61. The largest absolute Gasteiger partial charge is 0.340 e. The summed E-state index contributed by atoms with van der Waals surface area (Å²) >= 11 is 0. The summed E-state index contributed by atoms with van der Waals surface area (Å²) in [7, 11) is 0. The molecule has 1 unspecified atom stereocenters. The molecular formula is C10H16N4O2. The lowest BCUT2D eigenvalue weighted by molar-refractivity contribution is -0.133. The summed E-state index contributed by atoms with van der Waals surface area (Å²) in [5, 5.41) is 3.89. The monoisotopic (exact) mass is 224 g/mol. The van der Waals surface area contributed by atoms with Gasteiger partial charge in [-0.25, -0.2) is 0 Å². The van der Waals surface area contributed by atoms with Gasteiger partial charge in [-0.2, -0.15) is 4.98 Å². The van der Waals surface area contributed by atoms with E-state index in [1.807, 2.05) is 0 Å². The van der Waals surface area contributed by atoms with E-state index < -0.39 is 0 Å². The Balaban J connectivity index is 2.19. The minimum atomic E-state index is -0.0674. The Morgan fingerprint density at radius 1 is 1.62 bits per heavy atom. The van der Waals surface area contributed by atoms with Gasteiger partial charge in [-0.3, -0.25) is 4.79 Å². The van der Waals surface area contributed by atoms with Gasteiger partial charge >= 0.3 is 0 Å². The highest BCUT2D eigenvalue weighted by Crippen LogP contribution is 2.28. The Hall–Kier alpha value is -1.43. The smallest absolute Gasteiger partial charge is 0.236 e. The molecule has 1 aliphatic rings. The number of nitrogens with two attached hydrogens (primary N) is 1. The second-order valence-electron chi connectivity index (χ2n) is 3.97. The van der Waals surface area contributed by atoms with E-state index in [1.165, 1.54) is 0 Å². The Kier molecular flexibility index (Phi) is 3.19. The van der Waals surface area contributed by atoms with Crippen LogP contribution in [0.25, 0.3) is 0 Å². The van der Waals surface area contributed by atoms with Gasteiger partial charge in [0.1, 0.15) is 0 Å². The van der Waals surface area contributed by atoms with Crippen LogP contribution in [0, 0.1) is 6.92 Å². The maximum atomic E-state index is 11.7. The van der Waals surface area contributed by atoms with E-state index in [-0.39, 0.29) is 18.5 Å². The van der Waals surface area contributed by atoms with Gasteiger partial charge in [0.15, 0.2) is 5.82 Å². The molecule has 6 nitrogen and oxygen atoms in total. The molecule has 0 aromatic carbocycles. The summed E-state index contributed by atoms with van der Waals surface area (Å²) in [4.78, 5) is 17.6. The van der Waals surface area contributed by atoms with Crippen molar-refractivity contribution in [2.45, 2.75) is 32.2 Å². The Bertz CT molecular complexity index is 377. The summed E-state index contributed by atoms with van der Waals surface area (Å²) in [6.45, 7) is 2.51. The molecule has 1 amide bonds.